The molecule has 1 aliphatic heterocycles. The fourth-order valence-corrected chi connectivity index (χ4v) is 4.89. The molecule has 0 atom stereocenters. The highest BCUT2D eigenvalue weighted by Crippen LogP contribution is 2.30. The first-order chi connectivity index (χ1) is 21.4. The predicted octanol–water partition coefficient (Wildman–Crippen LogP) is 4.09. The Kier molecular flexibility index (Phi) is 8.98. The van der Waals surface area contributed by atoms with Crippen LogP contribution in [0.15, 0.2) is 65.8 Å². The minimum Gasteiger partial charge on any atom is -0.494 e. The van der Waals surface area contributed by atoms with Crippen LogP contribution in [0, 0.1) is 11.6 Å². The number of rotatable bonds is 9. The highest BCUT2D eigenvalue weighted by Gasteiger charge is 2.38. The molecule has 45 heavy (non-hydrogen) atoms. The molecule has 0 unspecified atom stereocenters. The second-order valence-corrected chi connectivity index (χ2v) is 11.8. The lowest BCUT2D eigenvalue weighted by molar-refractivity contribution is 0.00780. The van der Waals surface area contributed by atoms with Gasteiger partial charge in [-0.3, -0.25) is 19.3 Å². The van der Waals surface area contributed by atoms with Crippen LogP contribution in [0.3, 0.4) is 0 Å². The standard InChI is InChI=1S/C32H34F2N6O5/c1-32(2,3)45-31(43)39-16-22(17-39)29-24(30(42)36-13-25-28(34)26(44-4)11-12-35-25)19-40(37-29)15-21-7-5-20(6-8-21)14-38-18-23(33)9-10-27(38)41/h5-12,18-19,22H,13-17H2,1-4H3,(H,36,42). The van der Waals surface area contributed by atoms with Crippen molar-refractivity contribution in [2.75, 3.05) is 20.2 Å². The van der Waals surface area contributed by atoms with Gasteiger partial charge in [0.1, 0.15) is 11.4 Å². The molecule has 13 heteroatoms. The summed E-state index contributed by atoms with van der Waals surface area (Å²) in [6, 6.07) is 11.1. The molecule has 0 aliphatic carbocycles. The lowest BCUT2D eigenvalue weighted by Gasteiger charge is -2.39. The Hall–Kier alpha value is -5.07. The van der Waals surface area contributed by atoms with Crippen molar-refractivity contribution in [3.8, 4) is 5.75 Å². The van der Waals surface area contributed by atoms with E-state index in [1.54, 1.807) is 36.5 Å². The highest BCUT2D eigenvalue weighted by atomic mass is 19.1. The van der Waals surface area contributed by atoms with Crippen LogP contribution in [-0.2, 0) is 24.4 Å². The number of methoxy groups -OCH3 is 1. The zero-order chi connectivity index (χ0) is 32.3. The van der Waals surface area contributed by atoms with E-state index in [4.69, 9.17) is 14.6 Å². The summed E-state index contributed by atoms with van der Waals surface area (Å²) in [6.45, 7) is 6.40. The van der Waals surface area contributed by atoms with Gasteiger partial charge in [0.15, 0.2) is 11.6 Å². The topological polar surface area (TPSA) is 121 Å². The maximum atomic E-state index is 14.6. The van der Waals surface area contributed by atoms with E-state index < -0.39 is 29.2 Å². The Morgan fingerprint density at radius 2 is 1.69 bits per heavy atom. The Balaban J connectivity index is 1.32. The summed E-state index contributed by atoms with van der Waals surface area (Å²) < 4.78 is 41.6. The number of likely N-dealkylation sites (tertiary alicyclic amines) is 1. The van der Waals surface area contributed by atoms with Gasteiger partial charge in [-0.2, -0.15) is 5.10 Å². The van der Waals surface area contributed by atoms with Crippen molar-refractivity contribution < 1.29 is 27.8 Å². The fraction of sp³-hybridized carbons (Fsp3) is 0.344. The fourth-order valence-electron chi connectivity index (χ4n) is 4.89. The van der Waals surface area contributed by atoms with Gasteiger partial charge in [-0.1, -0.05) is 24.3 Å². The number of carbonyl (C=O) groups is 2. The normalized spacial score (nSPS) is 13.3. The van der Waals surface area contributed by atoms with Crippen LogP contribution in [0.5, 0.6) is 5.75 Å². The number of carbonyl (C=O) groups excluding carboxylic acids is 2. The number of aromatic nitrogens is 4. The van der Waals surface area contributed by atoms with Crippen LogP contribution in [0.25, 0.3) is 0 Å². The van der Waals surface area contributed by atoms with E-state index >= 15 is 0 Å². The number of hydrogen-bond acceptors (Lipinski definition) is 7. The molecule has 2 amide bonds. The number of halogens is 2. The number of nitrogens with zero attached hydrogens (tertiary/aromatic N) is 5. The summed E-state index contributed by atoms with van der Waals surface area (Å²) in [5.74, 6) is -1.81. The first-order valence-corrected chi connectivity index (χ1v) is 14.3. The first kappa shape index (κ1) is 31.4. The SMILES string of the molecule is COc1ccnc(CNC(=O)c2cn(Cc3ccc(Cn4cc(F)ccc4=O)cc3)nc2C2CN(C(=O)OC(C)(C)C)C2)c1F. The maximum absolute atomic E-state index is 14.6. The van der Waals surface area contributed by atoms with Gasteiger partial charge < -0.3 is 24.3 Å². The molecule has 1 fully saturated rings. The van der Waals surface area contributed by atoms with E-state index in [2.05, 4.69) is 10.3 Å². The van der Waals surface area contributed by atoms with Crippen LogP contribution in [0.2, 0.25) is 0 Å². The van der Waals surface area contributed by atoms with Crippen molar-refractivity contribution in [2.24, 2.45) is 0 Å². The Labute approximate surface area is 258 Å². The van der Waals surface area contributed by atoms with Crippen molar-refractivity contribution in [1.29, 1.82) is 0 Å². The van der Waals surface area contributed by atoms with Gasteiger partial charge in [-0.05, 0) is 38.0 Å². The molecule has 4 aromatic rings. The van der Waals surface area contributed by atoms with Gasteiger partial charge in [-0.15, -0.1) is 0 Å². The lowest BCUT2D eigenvalue weighted by Crippen LogP contribution is -2.50. The molecule has 4 heterocycles. The van der Waals surface area contributed by atoms with Crippen molar-refractivity contribution in [2.45, 2.75) is 51.9 Å². The number of benzene rings is 1. The Morgan fingerprint density at radius 1 is 1.00 bits per heavy atom. The van der Waals surface area contributed by atoms with Crippen LogP contribution < -0.4 is 15.6 Å². The molecule has 0 radical (unpaired) electrons. The molecule has 11 nitrogen and oxygen atoms in total. The zero-order valence-corrected chi connectivity index (χ0v) is 25.4. The van der Waals surface area contributed by atoms with E-state index in [9.17, 15) is 23.2 Å². The second-order valence-electron chi connectivity index (χ2n) is 11.8. The van der Waals surface area contributed by atoms with Gasteiger partial charge in [0, 0.05) is 49.7 Å². The molecule has 3 aromatic heterocycles. The van der Waals surface area contributed by atoms with Crippen LogP contribution >= 0.6 is 0 Å². The molecule has 1 aromatic carbocycles. The van der Waals surface area contributed by atoms with E-state index in [0.717, 1.165) is 23.4 Å². The number of hydrogen-bond donors (Lipinski definition) is 1. The number of amides is 2. The number of pyridine rings is 2. The summed E-state index contributed by atoms with van der Waals surface area (Å²) >= 11 is 0. The molecule has 0 saturated carbocycles. The third kappa shape index (κ3) is 7.54. The summed E-state index contributed by atoms with van der Waals surface area (Å²) in [6.07, 6.45) is 3.74. The average Bonchev–Trinajstić information content (AvgIpc) is 3.36. The molecule has 5 rings (SSSR count). The summed E-state index contributed by atoms with van der Waals surface area (Å²) in [5.41, 5.74) is 1.57. The van der Waals surface area contributed by atoms with Crippen molar-refractivity contribution in [3.05, 3.63) is 111 Å². The summed E-state index contributed by atoms with van der Waals surface area (Å²) in [7, 11) is 1.35. The third-order valence-electron chi connectivity index (χ3n) is 7.18. The second kappa shape index (κ2) is 12.9. The number of ether oxygens (including phenoxy) is 2. The smallest absolute Gasteiger partial charge is 0.410 e. The first-order valence-electron chi connectivity index (χ1n) is 14.3. The molecule has 1 N–H and O–H groups in total. The molecule has 0 bridgehead atoms. The molecule has 236 valence electrons. The van der Waals surface area contributed by atoms with E-state index in [0.29, 0.717) is 30.9 Å². The van der Waals surface area contributed by atoms with Gasteiger partial charge in [0.05, 0.1) is 43.7 Å². The largest absolute Gasteiger partial charge is 0.494 e. The maximum Gasteiger partial charge on any atom is 0.410 e. The zero-order valence-electron chi connectivity index (χ0n) is 25.4. The van der Waals surface area contributed by atoms with Crippen LogP contribution in [0.1, 0.15) is 59.6 Å². The van der Waals surface area contributed by atoms with Crippen LogP contribution in [-0.4, -0.2) is 62.0 Å². The summed E-state index contributed by atoms with van der Waals surface area (Å²) in [4.78, 5) is 43.5. The lowest BCUT2D eigenvalue weighted by atomic mass is 9.94. The monoisotopic (exact) mass is 620 g/mol. The van der Waals surface area contributed by atoms with Gasteiger partial charge >= 0.3 is 6.09 Å². The molecular formula is C32H34F2N6O5. The van der Waals surface area contributed by atoms with E-state index in [1.165, 1.54) is 30.0 Å². The Morgan fingerprint density at radius 3 is 2.36 bits per heavy atom. The summed E-state index contributed by atoms with van der Waals surface area (Å²) in [5, 5.41) is 7.43. The van der Waals surface area contributed by atoms with Crippen molar-refractivity contribution in [1.82, 2.24) is 29.5 Å². The highest BCUT2D eigenvalue weighted by molar-refractivity contribution is 5.95. The third-order valence-corrected chi connectivity index (χ3v) is 7.18. The minimum absolute atomic E-state index is 0.0217. The molecule has 1 saturated heterocycles. The van der Waals surface area contributed by atoms with Crippen LogP contribution in [0.4, 0.5) is 13.6 Å². The van der Waals surface area contributed by atoms with Crippen molar-refractivity contribution in [3.63, 3.8) is 0 Å². The minimum atomic E-state index is -0.658. The van der Waals surface area contributed by atoms with Gasteiger partial charge in [0.25, 0.3) is 11.5 Å². The number of nitrogens with one attached hydrogen (secondary N) is 1. The van der Waals surface area contributed by atoms with Gasteiger partial charge in [-0.25, -0.2) is 13.6 Å². The predicted molar refractivity (Wildman–Crippen MR) is 160 cm³/mol. The molecule has 0 spiro atoms. The van der Waals surface area contributed by atoms with Gasteiger partial charge in [0.2, 0.25) is 0 Å². The molecular weight excluding hydrogens is 586 g/mol. The quantitative estimate of drug-likeness (QED) is 0.299. The van der Waals surface area contributed by atoms with Crippen molar-refractivity contribution >= 4 is 12.0 Å². The molecule has 1 aliphatic rings. The average molecular weight is 621 g/mol. The van der Waals surface area contributed by atoms with E-state index in [1.807, 2.05) is 24.3 Å². The van der Waals surface area contributed by atoms with E-state index in [-0.39, 0.29) is 36.0 Å². The Bertz CT molecular complexity index is 1760.